The number of hydrogen-bond acceptors (Lipinski definition) is 2. The number of aromatic nitrogens is 2. The van der Waals surface area contributed by atoms with Crippen LogP contribution in [-0.4, -0.2) is 9.97 Å². The van der Waals surface area contributed by atoms with Crippen LogP contribution in [0.4, 0.5) is 0 Å². The lowest BCUT2D eigenvalue weighted by Crippen LogP contribution is -2.31. The summed E-state index contributed by atoms with van der Waals surface area (Å²) in [6, 6.07) is 0. The van der Waals surface area contributed by atoms with E-state index in [1.165, 1.54) is 36.9 Å². The summed E-state index contributed by atoms with van der Waals surface area (Å²) in [5, 5.41) is 0. The van der Waals surface area contributed by atoms with Gasteiger partial charge in [0.25, 0.3) is 0 Å². The highest BCUT2D eigenvalue weighted by Crippen LogP contribution is 2.48. The molecule has 0 fully saturated rings. The van der Waals surface area contributed by atoms with Crippen molar-refractivity contribution in [1.29, 1.82) is 0 Å². The molecule has 0 amide bonds. The highest BCUT2D eigenvalue weighted by atomic mass is 14.8. The predicted octanol–water partition coefficient (Wildman–Crippen LogP) is 4.92. The molecule has 1 aliphatic carbocycles. The van der Waals surface area contributed by atoms with Gasteiger partial charge in [-0.25, -0.2) is 9.97 Å². The summed E-state index contributed by atoms with van der Waals surface area (Å²) in [5.74, 6) is 0. The van der Waals surface area contributed by atoms with E-state index in [1.807, 2.05) is 6.20 Å². The minimum absolute atomic E-state index is 0.152. The van der Waals surface area contributed by atoms with Gasteiger partial charge < -0.3 is 0 Å². The summed E-state index contributed by atoms with van der Waals surface area (Å²) in [7, 11) is 0. The third-order valence-corrected chi connectivity index (χ3v) is 5.17. The molecule has 2 nitrogen and oxygen atoms in total. The fourth-order valence-corrected chi connectivity index (χ4v) is 4.44. The van der Waals surface area contributed by atoms with Crippen molar-refractivity contribution in [3.63, 3.8) is 0 Å². The molecule has 0 aliphatic heterocycles. The Morgan fingerprint density at radius 1 is 1.10 bits per heavy atom. The minimum atomic E-state index is 0.152. The van der Waals surface area contributed by atoms with Crippen molar-refractivity contribution >= 4 is 0 Å². The molecule has 2 rings (SSSR count). The maximum Gasteiger partial charge on any atom is 0.115 e. The van der Waals surface area contributed by atoms with Gasteiger partial charge in [0.2, 0.25) is 0 Å². The Morgan fingerprint density at radius 3 is 2.45 bits per heavy atom. The smallest absolute Gasteiger partial charge is 0.115 e. The number of rotatable bonds is 1. The van der Waals surface area contributed by atoms with E-state index >= 15 is 0 Å². The summed E-state index contributed by atoms with van der Waals surface area (Å²) in [4.78, 5) is 8.88. The summed E-state index contributed by atoms with van der Waals surface area (Å²) in [6.07, 6.45) is 9.80. The van der Waals surface area contributed by atoms with Crippen LogP contribution in [-0.2, 0) is 11.8 Å². The fraction of sp³-hybridized carbons (Fsp3) is 0.778. The Bertz CT molecular complexity index is 476. The van der Waals surface area contributed by atoms with Gasteiger partial charge in [0.15, 0.2) is 0 Å². The van der Waals surface area contributed by atoms with E-state index in [4.69, 9.17) is 0 Å². The molecular formula is C18H30N2. The van der Waals surface area contributed by atoms with Gasteiger partial charge in [-0.15, -0.1) is 0 Å². The number of nitrogens with zero attached hydrogens (tertiary/aromatic N) is 2. The molecular weight excluding hydrogens is 244 g/mol. The van der Waals surface area contributed by atoms with Crippen LogP contribution in [0.3, 0.4) is 0 Å². The lowest BCUT2D eigenvalue weighted by Gasteiger charge is -2.40. The second-order valence-corrected chi connectivity index (χ2v) is 8.45. The van der Waals surface area contributed by atoms with E-state index in [0.717, 1.165) is 6.42 Å². The third-order valence-electron chi connectivity index (χ3n) is 5.17. The molecule has 1 heterocycles. The van der Waals surface area contributed by atoms with Crippen molar-refractivity contribution in [2.24, 2.45) is 10.8 Å². The molecule has 1 aromatic heterocycles. The first-order valence-corrected chi connectivity index (χ1v) is 7.97. The number of hydrogen-bond donors (Lipinski definition) is 0. The lowest BCUT2D eigenvalue weighted by atomic mass is 9.65. The van der Waals surface area contributed by atoms with Crippen molar-refractivity contribution in [3.05, 3.63) is 23.8 Å². The Kier molecular flexibility index (Phi) is 3.96. The van der Waals surface area contributed by atoms with Gasteiger partial charge in [-0.1, -0.05) is 48.0 Å². The molecule has 1 unspecified atom stereocenters. The van der Waals surface area contributed by atoms with Crippen LogP contribution in [0.15, 0.2) is 12.5 Å². The van der Waals surface area contributed by atoms with Crippen molar-refractivity contribution in [3.8, 4) is 0 Å². The van der Waals surface area contributed by atoms with Gasteiger partial charge in [-0.3, -0.25) is 0 Å². The topological polar surface area (TPSA) is 25.8 Å². The van der Waals surface area contributed by atoms with Crippen molar-refractivity contribution in [2.45, 2.75) is 79.1 Å². The van der Waals surface area contributed by atoms with E-state index in [1.54, 1.807) is 6.33 Å². The highest BCUT2D eigenvalue weighted by Gasteiger charge is 2.38. The maximum absolute atomic E-state index is 4.59. The molecule has 0 saturated heterocycles. The molecule has 0 saturated carbocycles. The average Bonchev–Trinajstić information content (AvgIpc) is 2.37. The van der Waals surface area contributed by atoms with Crippen LogP contribution >= 0.6 is 0 Å². The standard InChI is InChI=1S/C18H30N2/c1-7-18(6)9-8-15-14(10-19-13-20-15)17(4,5)11-16(2,3)12-18/h10,13H,7-9,11-12H2,1-6H3. The summed E-state index contributed by atoms with van der Waals surface area (Å²) in [5.41, 5.74) is 3.55. The summed E-state index contributed by atoms with van der Waals surface area (Å²) < 4.78 is 0. The van der Waals surface area contributed by atoms with E-state index in [2.05, 4.69) is 51.5 Å². The van der Waals surface area contributed by atoms with Gasteiger partial charge in [0, 0.05) is 11.9 Å². The number of fused-ring (bicyclic) bond motifs is 1. The maximum atomic E-state index is 4.59. The zero-order chi connectivity index (χ0) is 15.0. The van der Waals surface area contributed by atoms with Gasteiger partial charge in [-0.05, 0) is 47.5 Å². The molecule has 2 heteroatoms. The molecule has 20 heavy (non-hydrogen) atoms. The third kappa shape index (κ3) is 3.21. The van der Waals surface area contributed by atoms with Crippen LogP contribution in [0.25, 0.3) is 0 Å². The Hall–Kier alpha value is -0.920. The average molecular weight is 274 g/mol. The summed E-state index contributed by atoms with van der Waals surface area (Å²) in [6.45, 7) is 14.3. The fourth-order valence-electron chi connectivity index (χ4n) is 4.44. The number of aryl methyl sites for hydroxylation is 1. The lowest BCUT2D eigenvalue weighted by molar-refractivity contribution is 0.132. The SMILES string of the molecule is CCC1(C)CCc2ncncc2C(C)(C)CC(C)(C)C1. The molecule has 0 N–H and O–H groups in total. The van der Waals surface area contributed by atoms with Gasteiger partial charge in [-0.2, -0.15) is 0 Å². The van der Waals surface area contributed by atoms with E-state index < -0.39 is 0 Å². The zero-order valence-electron chi connectivity index (χ0n) is 14.1. The predicted molar refractivity (Wildman–Crippen MR) is 84.8 cm³/mol. The van der Waals surface area contributed by atoms with Crippen LogP contribution in [0.5, 0.6) is 0 Å². The Morgan fingerprint density at radius 2 is 1.80 bits per heavy atom. The van der Waals surface area contributed by atoms with Gasteiger partial charge >= 0.3 is 0 Å². The Labute approximate surface area is 124 Å². The molecule has 0 radical (unpaired) electrons. The highest BCUT2D eigenvalue weighted by molar-refractivity contribution is 5.26. The molecule has 0 bridgehead atoms. The first-order chi connectivity index (χ1) is 9.18. The van der Waals surface area contributed by atoms with Crippen LogP contribution < -0.4 is 0 Å². The van der Waals surface area contributed by atoms with E-state index in [-0.39, 0.29) is 5.41 Å². The van der Waals surface area contributed by atoms with Gasteiger partial charge in [0.05, 0.1) is 0 Å². The van der Waals surface area contributed by atoms with Crippen molar-refractivity contribution < 1.29 is 0 Å². The Balaban J connectivity index is 2.47. The van der Waals surface area contributed by atoms with Gasteiger partial charge in [0.1, 0.15) is 6.33 Å². The first-order valence-electron chi connectivity index (χ1n) is 7.97. The van der Waals surface area contributed by atoms with E-state index in [9.17, 15) is 0 Å². The minimum Gasteiger partial charge on any atom is -0.244 e. The second-order valence-electron chi connectivity index (χ2n) is 8.45. The quantitative estimate of drug-likeness (QED) is 0.726. The zero-order valence-corrected chi connectivity index (χ0v) is 14.1. The first kappa shape index (κ1) is 15.5. The summed E-state index contributed by atoms with van der Waals surface area (Å²) >= 11 is 0. The van der Waals surface area contributed by atoms with Crippen molar-refractivity contribution in [1.82, 2.24) is 9.97 Å². The van der Waals surface area contributed by atoms with Crippen molar-refractivity contribution in [2.75, 3.05) is 0 Å². The molecule has 0 spiro atoms. The van der Waals surface area contributed by atoms with Crippen LogP contribution in [0.1, 0.15) is 78.5 Å². The van der Waals surface area contributed by atoms with E-state index in [0.29, 0.717) is 10.8 Å². The molecule has 0 aromatic carbocycles. The molecule has 1 aliphatic rings. The second kappa shape index (κ2) is 5.13. The molecule has 112 valence electrons. The molecule has 1 aromatic rings. The normalized spacial score (nSPS) is 28.9. The molecule has 1 atom stereocenters. The van der Waals surface area contributed by atoms with Crippen LogP contribution in [0, 0.1) is 10.8 Å². The largest absolute Gasteiger partial charge is 0.244 e. The monoisotopic (exact) mass is 274 g/mol. The van der Waals surface area contributed by atoms with Crippen LogP contribution in [0.2, 0.25) is 0 Å².